The number of benzene rings is 1. The molecule has 1 aliphatic heterocycles. The molecule has 96 valence electrons. The molecular weight excluding hydrogens is 325 g/mol. The third kappa shape index (κ3) is 3.04. The van der Waals surface area contributed by atoms with E-state index in [0.29, 0.717) is 5.96 Å². The van der Waals surface area contributed by atoms with Crippen LogP contribution >= 0.6 is 15.9 Å². The van der Waals surface area contributed by atoms with Crippen LogP contribution in [-0.2, 0) is 0 Å². The van der Waals surface area contributed by atoms with Crippen molar-refractivity contribution in [1.29, 1.82) is 0 Å². The zero-order chi connectivity index (χ0) is 13.2. The molecule has 0 saturated carbocycles. The fourth-order valence-corrected chi connectivity index (χ4v) is 2.71. The smallest absolute Gasteiger partial charge is 1.00 e. The Morgan fingerprint density at radius 2 is 2.00 bits per heavy atom. The topological polar surface area (TPSA) is 50.7 Å². The van der Waals surface area contributed by atoms with Crippen LogP contribution in [0.4, 0.5) is 0 Å². The van der Waals surface area contributed by atoms with Crippen molar-refractivity contribution in [2.45, 2.75) is 6.04 Å². The molecule has 0 fully saturated rings. The summed E-state index contributed by atoms with van der Waals surface area (Å²) in [5.74, 6) is 0.353. The normalized spacial score (nSPS) is 20.6. The van der Waals surface area contributed by atoms with Gasteiger partial charge in [0, 0.05) is 0 Å². The van der Waals surface area contributed by atoms with Crippen molar-refractivity contribution < 1.29 is 31.0 Å². The summed E-state index contributed by atoms with van der Waals surface area (Å²) in [5.41, 5.74) is 9.94. The van der Waals surface area contributed by atoms with Crippen LogP contribution in [0.1, 0.15) is 6.99 Å². The molecule has 0 amide bonds. The largest absolute Gasteiger partial charge is 1.00 e. The van der Waals surface area contributed by atoms with Crippen molar-refractivity contribution in [3.05, 3.63) is 64.7 Å². The van der Waals surface area contributed by atoms with Crippen molar-refractivity contribution in [2.75, 3.05) is 0 Å². The van der Waals surface area contributed by atoms with Crippen LogP contribution in [0, 0.1) is 0 Å². The number of rotatable bonds is 2. The molecule has 1 aromatic carbocycles. The first-order valence-corrected chi connectivity index (χ1v) is 6.87. The van der Waals surface area contributed by atoms with Gasteiger partial charge < -0.3 is 7.16 Å². The van der Waals surface area contributed by atoms with Crippen LogP contribution in [0.5, 0.6) is 0 Å². The molecule has 0 saturated heterocycles. The fourth-order valence-electron chi connectivity index (χ4n) is 2.19. The number of nitrogens with zero attached hydrogens (tertiary/aromatic N) is 2. The Morgan fingerprint density at radius 1 is 1.25 bits per heavy atom. The predicted octanol–water partition coefficient (Wildman–Crippen LogP) is 0.173. The molecule has 0 aromatic heterocycles. The third-order valence-electron chi connectivity index (χ3n) is 3.09. The second-order valence-corrected chi connectivity index (χ2v) is 4.77. The second-order valence-electron chi connectivity index (χ2n) is 4.31. The zero-order valence-corrected chi connectivity index (χ0v) is 14.7. The Kier molecular flexibility index (Phi) is 5.16. The van der Waals surface area contributed by atoms with Gasteiger partial charge in [0.05, 0.1) is 5.71 Å². The summed E-state index contributed by atoms with van der Waals surface area (Å²) >= 11 is 3.45. The van der Waals surface area contributed by atoms with E-state index in [1.807, 2.05) is 35.3 Å². The van der Waals surface area contributed by atoms with E-state index in [2.05, 4.69) is 44.1 Å². The first-order valence-electron chi connectivity index (χ1n) is 5.96. The number of halogens is 1. The Hall–Kier alpha value is -0.940. The van der Waals surface area contributed by atoms with Gasteiger partial charge in [-0.15, -0.1) is 0 Å². The van der Waals surface area contributed by atoms with E-state index in [0.717, 1.165) is 22.4 Å². The molecule has 0 radical (unpaired) electrons. The number of allylic oxidation sites excluding steroid dienone is 3. The molecule has 2 aliphatic rings. The van der Waals surface area contributed by atoms with Gasteiger partial charge in [0.25, 0.3) is 0 Å². The van der Waals surface area contributed by atoms with Gasteiger partial charge in [0.2, 0.25) is 5.96 Å². The van der Waals surface area contributed by atoms with Crippen LogP contribution in [0.2, 0.25) is 0 Å². The zero-order valence-electron chi connectivity index (χ0n) is 12.1. The van der Waals surface area contributed by atoms with Gasteiger partial charge in [-0.2, -0.15) is 0 Å². The summed E-state index contributed by atoms with van der Waals surface area (Å²) in [7, 11) is 0. The minimum Gasteiger partial charge on any atom is -1.00 e. The summed E-state index contributed by atoms with van der Waals surface area (Å²) in [6, 6.07) is 10.2. The number of hydrogen-bond donors (Lipinski definition) is 1. The monoisotopic (exact) mass is 337 g/mol. The average Bonchev–Trinajstić information content (AvgIpc) is 2.80. The fraction of sp³-hybridized carbons (Fsp3) is 0.0667. The molecule has 3 nitrogen and oxygen atoms in total. The molecule has 5 heteroatoms. The summed E-state index contributed by atoms with van der Waals surface area (Å²) in [5, 5.41) is 0. The van der Waals surface area contributed by atoms with Crippen LogP contribution in [-0.4, -0.2) is 17.7 Å². The van der Waals surface area contributed by atoms with Crippen molar-refractivity contribution in [3.8, 4) is 0 Å². The molecule has 20 heavy (non-hydrogen) atoms. The quantitative estimate of drug-likeness (QED) is 0.768. The van der Waals surface area contributed by atoms with E-state index >= 15 is 0 Å². The van der Waals surface area contributed by atoms with E-state index in [1.165, 1.54) is 0 Å². The van der Waals surface area contributed by atoms with Crippen molar-refractivity contribution in [3.63, 3.8) is 0 Å². The van der Waals surface area contributed by atoms with E-state index in [-0.39, 0.29) is 37.0 Å². The van der Waals surface area contributed by atoms with E-state index in [1.54, 1.807) is 0 Å². The number of fused-ring (bicyclic) bond motifs is 1. The number of guanidine groups is 1. The average molecular weight is 338 g/mol. The van der Waals surface area contributed by atoms with Gasteiger partial charge >= 0.3 is 29.6 Å². The molecule has 0 spiro atoms. The van der Waals surface area contributed by atoms with Crippen molar-refractivity contribution in [1.82, 2.24) is 0 Å². The third-order valence-corrected chi connectivity index (χ3v) is 3.55. The van der Waals surface area contributed by atoms with Gasteiger partial charge in [-0.25, -0.2) is 9.98 Å². The van der Waals surface area contributed by atoms with E-state index in [9.17, 15) is 0 Å². The summed E-state index contributed by atoms with van der Waals surface area (Å²) in [6.07, 6.45) is 6.10. The number of aliphatic imine (C=N–C) groups is 2. The first-order chi connectivity index (χ1) is 9.28. The molecule has 1 heterocycles. The van der Waals surface area contributed by atoms with Gasteiger partial charge in [-0.05, 0) is 33.8 Å². The molecule has 3 rings (SSSR count). The van der Waals surface area contributed by atoms with Crippen LogP contribution in [0.25, 0.3) is 5.57 Å². The van der Waals surface area contributed by atoms with Crippen molar-refractivity contribution >= 4 is 33.2 Å². The summed E-state index contributed by atoms with van der Waals surface area (Å²) in [6.45, 7) is 0. The number of nitrogens with two attached hydrogens (primary N) is 1. The Balaban J connectivity index is 0.00000110. The summed E-state index contributed by atoms with van der Waals surface area (Å²) in [4.78, 5) is 10.4. The molecule has 2 N–H and O–H groups in total. The minimum absolute atomic E-state index is 0. The van der Waals surface area contributed by atoms with Gasteiger partial charge in [0.15, 0.2) is 0 Å². The Bertz CT molecular complexity index is 663. The van der Waals surface area contributed by atoms with Gasteiger partial charge in [-0.3, -0.25) is 0 Å². The molecule has 0 bridgehead atoms. The number of hydrogen-bond acceptors (Lipinski definition) is 3. The predicted molar refractivity (Wildman–Crippen MR) is 84.5 cm³/mol. The Morgan fingerprint density at radius 3 is 2.70 bits per heavy atom. The Labute approximate surface area is 150 Å². The standard InChI is InChI=1S/C15H12BrN3.Na.H/c16-9-12(10-4-2-1-3-5-10)11-6-7-13-14(8-11)19-15(17)18-13;;/h1-9,14H,(H2,17,19);;/q;+1;-1. The van der Waals surface area contributed by atoms with Gasteiger partial charge in [0.1, 0.15) is 6.04 Å². The van der Waals surface area contributed by atoms with E-state index in [4.69, 9.17) is 5.73 Å². The maximum Gasteiger partial charge on any atom is 1.00 e. The molecule has 1 atom stereocenters. The molecular formula is C15H13BrN3Na. The van der Waals surface area contributed by atoms with Crippen molar-refractivity contribution in [2.24, 2.45) is 15.7 Å². The SMILES string of the molecule is NC1=NC2C=C(C(=CBr)c3ccccc3)C=CC2=N1.[H-].[Na+]. The van der Waals surface area contributed by atoms with E-state index < -0.39 is 0 Å². The molecule has 1 aliphatic carbocycles. The molecule has 1 unspecified atom stereocenters. The summed E-state index contributed by atoms with van der Waals surface area (Å²) < 4.78 is 0. The van der Waals surface area contributed by atoms with Gasteiger partial charge in [-0.1, -0.05) is 52.3 Å². The van der Waals surface area contributed by atoms with Crippen LogP contribution in [0.15, 0.2) is 69.1 Å². The van der Waals surface area contributed by atoms with Crippen LogP contribution < -0.4 is 35.3 Å². The van der Waals surface area contributed by atoms with Crippen LogP contribution in [0.3, 0.4) is 0 Å². The minimum atomic E-state index is -0.0498. The maximum atomic E-state index is 5.64. The second kappa shape index (κ2) is 6.68. The molecule has 1 aromatic rings. The maximum absolute atomic E-state index is 5.64. The first kappa shape index (κ1) is 15.4.